The first kappa shape index (κ1) is 13.3. The van der Waals surface area contributed by atoms with Gasteiger partial charge in [-0.3, -0.25) is 4.79 Å². The third-order valence-electron chi connectivity index (χ3n) is 2.87. The zero-order valence-corrected chi connectivity index (χ0v) is 12.9. The van der Waals surface area contributed by atoms with E-state index in [9.17, 15) is 4.79 Å². The number of benzene rings is 2. The van der Waals surface area contributed by atoms with Crippen molar-refractivity contribution in [3.05, 3.63) is 77.9 Å². The molecule has 0 amide bonds. The molecule has 0 aromatic heterocycles. The molecular weight excluding hydrogens is 252 g/mol. The van der Waals surface area contributed by atoms with E-state index in [2.05, 4.69) is 0 Å². The molecule has 2 aromatic rings. The Balaban J connectivity index is 2.37. The van der Waals surface area contributed by atoms with Crippen LogP contribution in [0.25, 0.3) is 5.57 Å². The van der Waals surface area contributed by atoms with Gasteiger partial charge in [-0.1, -0.05) is 66.7 Å². The summed E-state index contributed by atoms with van der Waals surface area (Å²) in [6.07, 6.45) is 2.24. The van der Waals surface area contributed by atoms with Crippen molar-refractivity contribution in [2.45, 2.75) is 6.42 Å². The maximum Gasteiger partial charge on any atom is 0.295 e. The molecular formula is C16H16O2Si. The second-order valence-electron chi connectivity index (χ2n) is 4.13. The lowest BCUT2D eigenvalue weighted by atomic mass is 9.97. The monoisotopic (exact) mass is 268 g/mol. The fourth-order valence-electron chi connectivity index (χ4n) is 1.91. The van der Waals surface area contributed by atoms with Gasteiger partial charge >= 0.3 is 0 Å². The molecule has 96 valence electrons. The van der Waals surface area contributed by atoms with Crippen LogP contribution in [0.1, 0.15) is 17.5 Å². The van der Waals surface area contributed by atoms with Gasteiger partial charge in [-0.05, 0) is 16.7 Å². The van der Waals surface area contributed by atoms with Gasteiger partial charge in [0.1, 0.15) is 0 Å². The SMILES string of the molecule is O=C(CC=C(c1ccccc1)c1ccccc1)O[SiH3]. The van der Waals surface area contributed by atoms with E-state index in [1.54, 1.807) is 0 Å². The lowest BCUT2D eigenvalue weighted by Crippen LogP contribution is -1.99. The number of carbonyl (C=O) groups excluding carboxylic acids is 1. The minimum Gasteiger partial charge on any atom is -0.529 e. The van der Waals surface area contributed by atoms with Crippen molar-refractivity contribution < 1.29 is 9.22 Å². The summed E-state index contributed by atoms with van der Waals surface area (Å²) in [4.78, 5) is 11.3. The maximum absolute atomic E-state index is 11.3. The van der Waals surface area contributed by atoms with Crippen LogP contribution in [-0.4, -0.2) is 16.5 Å². The van der Waals surface area contributed by atoms with Crippen molar-refractivity contribution in [1.29, 1.82) is 0 Å². The Morgan fingerprint density at radius 2 is 1.42 bits per heavy atom. The molecule has 2 nitrogen and oxygen atoms in total. The molecule has 0 atom stereocenters. The highest BCUT2D eigenvalue weighted by atomic mass is 28.2. The van der Waals surface area contributed by atoms with E-state index in [0.29, 0.717) is 16.9 Å². The lowest BCUT2D eigenvalue weighted by Gasteiger charge is -2.08. The molecule has 0 heterocycles. The summed E-state index contributed by atoms with van der Waals surface area (Å²) in [5, 5.41) is 0. The van der Waals surface area contributed by atoms with Crippen LogP contribution in [0.4, 0.5) is 0 Å². The fourth-order valence-corrected chi connectivity index (χ4v) is 2.07. The third-order valence-corrected chi connectivity index (χ3v) is 3.33. The predicted octanol–water partition coefficient (Wildman–Crippen LogP) is 2.33. The van der Waals surface area contributed by atoms with Gasteiger partial charge in [0.15, 0.2) is 0 Å². The van der Waals surface area contributed by atoms with Crippen LogP contribution >= 0.6 is 0 Å². The van der Waals surface area contributed by atoms with Crippen molar-refractivity contribution in [3.63, 3.8) is 0 Å². The molecule has 0 fully saturated rings. The second-order valence-corrected chi connectivity index (χ2v) is 4.54. The quantitative estimate of drug-likeness (QED) is 0.796. The second kappa shape index (κ2) is 6.71. The molecule has 0 aliphatic rings. The molecule has 0 aliphatic heterocycles. The summed E-state index contributed by atoms with van der Waals surface area (Å²) >= 11 is 0. The van der Waals surface area contributed by atoms with Gasteiger partial charge < -0.3 is 4.43 Å². The molecule has 3 heteroatoms. The Morgan fingerprint density at radius 3 is 1.84 bits per heavy atom. The highest BCUT2D eigenvalue weighted by Gasteiger charge is 2.05. The zero-order valence-electron chi connectivity index (χ0n) is 10.9. The van der Waals surface area contributed by atoms with Crippen LogP contribution < -0.4 is 0 Å². The smallest absolute Gasteiger partial charge is 0.295 e. The van der Waals surface area contributed by atoms with Crippen LogP contribution in [-0.2, 0) is 9.22 Å². The molecule has 0 aliphatic carbocycles. The molecule has 0 unspecified atom stereocenters. The van der Waals surface area contributed by atoms with Crippen LogP contribution in [0.2, 0.25) is 0 Å². The standard InChI is InChI=1S/C16H16O2Si/c17-16(18-19)12-11-15(13-7-3-1-4-8-13)14-9-5-2-6-10-14/h1-11H,12H2,19H3. The molecule has 0 bridgehead atoms. The lowest BCUT2D eigenvalue weighted by molar-refractivity contribution is -0.133. The number of hydrogen-bond donors (Lipinski definition) is 0. The normalized spacial score (nSPS) is 9.89. The first-order valence-corrected chi connectivity index (χ1v) is 7.00. The van der Waals surface area contributed by atoms with Crippen molar-refractivity contribution >= 4 is 22.0 Å². The highest BCUT2D eigenvalue weighted by molar-refractivity contribution is 6.05. The summed E-state index contributed by atoms with van der Waals surface area (Å²) in [6.45, 7) is 0. The minimum atomic E-state index is -0.170. The molecule has 0 saturated heterocycles. The number of rotatable bonds is 4. The van der Waals surface area contributed by atoms with Crippen LogP contribution in [0.3, 0.4) is 0 Å². The van der Waals surface area contributed by atoms with Crippen molar-refractivity contribution in [2.75, 3.05) is 0 Å². The average Bonchev–Trinajstić information content (AvgIpc) is 2.49. The Morgan fingerprint density at radius 1 is 0.947 bits per heavy atom. The average molecular weight is 268 g/mol. The number of hydrogen-bond acceptors (Lipinski definition) is 2. The summed E-state index contributed by atoms with van der Waals surface area (Å²) in [5.74, 6) is -0.170. The van der Waals surface area contributed by atoms with Gasteiger partial charge in [-0.15, -0.1) is 0 Å². The first-order valence-electron chi connectivity index (χ1n) is 6.19. The van der Waals surface area contributed by atoms with Gasteiger partial charge in [0.25, 0.3) is 5.97 Å². The Labute approximate surface area is 116 Å². The van der Waals surface area contributed by atoms with Gasteiger partial charge in [0.05, 0.1) is 6.42 Å². The fraction of sp³-hybridized carbons (Fsp3) is 0.0625. The van der Waals surface area contributed by atoms with Gasteiger partial charge in [-0.2, -0.15) is 0 Å². The van der Waals surface area contributed by atoms with Crippen molar-refractivity contribution in [2.24, 2.45) is 0 Å². The van der Waals surface area contributed by atoms with Gasteiger partial charge in [-0.25, -0.2) is 0 Å². The summed E-state index contributed by atoms with van der Waals surface area (Å²) in [5.41, 5.74) is 3.28. The minimum absolute atomic E-state index is 0.170. The van der Waals surface area contributed by atoms with Crippen LogP contribution in [0, 0.1) is 0 Å². The van der Waals surface area contributed by atoms with Crippen LogP contribution in [0.15, 0.2) is 66.7 Å². The molecule has 0 spiro atoms. The summed E-state index contributed by atoms with van der Waals surface area (Å²) in [7, 11) is 0.444. The summed E-state index contributed by atoms with van der Waals surface area (Å²) < 4.78 is 4.83. The topological polar surface area (TPSA) is 26.3 Å². The third kappa shape index (κ3) is 3.66. The number of carbonyl (C=O) groups is 1. The van der Waals surface area contributed by atoms with Crippen molar-refractivity contribution in [1.82, 2.24) is 0 Å². The maximum atomic E-state index is 11.3. The largest absolute Gasteiger partial charge is 0.529 e. The van der Waals surface area contributed by atoms with E-state index in [1.165, 1.54) is 0 Å². The highest BCUT2D eigenvalue weighted by Crippen LogP contribution is 2.23. The Bertz CT molecular complexity index is 520. The van der Waals surface area contributed by atoms with E-state index in [-0.39, 0.29) is 5.97 Å². The Kier molecular flexibility index (Phi) is 4.70. The molecule has 19 heavy (non-hydrogen) atoms. The van der Waals surface area contributed by atoms with E-state index in [4.69, 9.17) is 4.43 Å². The molecule has 0 radical (unpaired) electrons. The van der Waals surface area contributed by atoms with Crippen LogP contribution in [0.5, 0.6) is 0 Å². The van der Waals surface area contributed by atoms with E-state index in [0.717, 1.165) is 16.7 Å². The van der Waals surface area contributed by atoms with Gasteiger partial charge in [0, 0.05) is 0 Å². The van der Waals surface area contributed by atoms with E-state index in [1.807, 2.05) is 66.7 Å². The molecule has 2 aromatic carbocycles. The van der Waals surface area contributed by atoms with E-state index >= 15 is 0 Å². The molecule has 0 saturated carbocycles. The first-order chi connectivity index (χ1) is 9.31. The zero-order chi connectivity index (χ0) is 13.5. The summed E-state index contributed by atoms with van der Waals surface area (Å²) in [6, 6.07) is 20.1. The Hall–Kier alpha value is -2.13. The molecule has 2 rings (SSSR count). The van der Waals surface area contributed by atoms with E-state index < -0.39 is 0 Å². The van der Waals surface area contributed by atoms with Crippen molar-refractivity contribution in [3.8, 4) is 0 Å². The molecule has 0 N–H and O–H groups in total. The predicted molar refractivity (Wildman–Crippen MR) is 80.6 cm³/mol. The van der Waals surface area contributed by atoms with Gasteiger partial charge in [0.2, 0.25) is 10.5 Å².